The van der Waals surface area contributed by atoms with Gasteiger partial charge < -0.3 is 14.7 Å². The van der Waals surface area contributed by atoms with Crippen LogP contribution in [0.5, 0.6) is 0 Å². The molecule has 316 valence electrons. The molecule has 0 amide bonds. The molecule has 3 aliphatic heterocycles. The Balaban J connectivity index is 1.38. The first kappa shape index (κ1) is 40.8. The number of anilines is 8. The first-order valence-corrected chi connectivity index (χ1v) is 23.3. The van der Waals surface area contributed by atoms with Crippen molar-refractivity contribution < 1.29 is 0 Å². The van der Waals surface area contributed by atoms with Crippen LogP contribution in [0.25, 0.3) is 0 Å². The van der Waals surface area contributed by atoms with Crippen LogP contribution in [-0.4, -0.2) is 12.3 Å². The van der Waals surface area contributed by atoms with Crippen molar-refractivity contribution in [3.63, 3.8) is 0 Å². The van der Waals surface area contributed by atoms with Crippen LogP contribution in [-0.2, 0) is 21.7 Å². The highest BCUT2D eigenvalue weighted by Crippen LogP contribution is 2.62. The molecule has 2 unspecified atom stereocenters. The van der Waals surface area contributed by atoms with Crippen molar-refractivity contribution in [3.05, 3.63) is 149 Å². The third-order valence-electron chi connectivity index (χ3n) is 15.5. The molecule has 3 heterocycles. The second-order valence-electron chi connectivity index (χ2n) is 22.9. The average molecular weight is 816 g/mol. The molecule has 0 N–H and O–H groups in total. The Kier molecular flexibility index (Phi) is 8.98. The lowest BCUT2D eigenvalue weighted by Crippen LogP contribution is -2.64. The van der Waals surface area contributed by atoms with E-state index in [0.717, 1.165) is 6.42 Å². The summed E-state index contributed by atoms with van der Waals surface area (Å²) in [7, 11) is 0. The summed E-state index contributed by atoms with van der Waals surface area (Å²) in [5.41, 5.74) is 22.5. The van der Waals surface area contributed by atoms with Crippen molar-refractivity contribution in [2.24, 2.45) is 0 Å². The quantitative estimate of drug-likeness (QED) is 0.164. The minimum atomic E-state index is -0.0962. The van der Waals surface area contributed by atoms with Crippen molar-refractivity contribution in [3.8, 4) is 0 Å². The van der Waals surface area contributed by atoms with E-state index in [9.17, 15) is 0 Å². The predicted octanol–water partition coefficient (Wildman–Crippen LogP) is 14.0. The maximum absolute atomic E-state index is 2.89. The molecule has 4 aliphatic rings. The van der Waals surface area contributed by atoms with E-state index in [-0.39, 0.29) is 33.9 Å². The molecular formula is C58H66BN3. The van der Waals surface area contributed by atoms with E-state index in [2.05, 4.69) is 220 Å². The van der Waals surface area contributed by atoms with Gasteiger partial charge in [-0.15, -0.1) is 0 Å². The van der Waals surface area contributed by atoms with Gasteiger partial charge in [-0.3, -0.25) is 0 Å². The summed E-state index contributed by atoms with van der Waals surface area (Å²) in [5.74, 6) is 0. The highest BCUT2D eigenvalue weighted by atomic mass is 15.3. The van der Waals surface area contributed by atoms with Crippen molar-refractivity contribution in [2.75, 3.05) is 14.7 Å². The molecule has 0 spiro atoms. The first-order chi connectivity index (χ1) is 29.2. The number of hydrogen-bond donors (Lipinski definition) is 0. The number of aryl methyl sites for hydroxylation is 2. The largest absolute Gasteiger partial charge is 0.335 e. The van der Waals surface area contributed by atoms with Crippen molar-refractivity contribution in [1.82, 2.24) is 0 Å². The van der Waals surface area contributed by atoms with Crippen molar-refractivity contribution >= 4 is 68.6 Å². The minimum absolute atomic E-state index is 0.000599. The zero-order valence-corrected chi connectivity index (χ0v) is 39.7. The smallest absolute Gasteiger partial charge is 0.252 e. The fourth-order valence-electron chi connectivity index (χ4n) is 11.7. The van der Waals surface area contributed by atoms with Gasteiger partial charge in [0.2, 0.25) is 0 Å². The molecular weight excluding hydrogens is 749 g/mol. The SMILES string of the molecule is Cc1cccc(N(c2cccc(C)c2)c2cc3c4c(c2)N2c5c(cc(C(C)(C)C)cc5C5(C)CCCCC25C)B4c2ccc(C(C)(C)C)cc2N3c2cccc(C(C)(C)C)c2)c1. The lowest BCUT2D eigenvalue weighted by atomic mass is 9.33. The number of nitrogens with zero attached hydrogens (tertiary/aromatic N) is 3. The minimum Gasteiger partial charge on any atom is -0.335 e. The third kappa shape index (κ3) is 6.05. The zero-order chi connectivity index (χ0) is 43.9. The van der Waals surface area contributed by atoms with E-state index >= 15 is 0 Å². The standard InChI is InChI=1S/C58H66BN3/c1-37-19-16-22-42(29-37)60(43-23-17-20-38(2)30-43)45-35-50-52-51(36-45)62-53-46(57(12)27-14-15-28-58(57,62)13)32-41(56(9,10)11)33-48(53)59(52)47-26-25-40(55(6,7)8)34-49(47)61(50)44-24-18-21-39(31-44)54(3,4)5/h16-26,29-36H,14-15,27-28H2,1-13H3. The van der Waals surface area contributed by atoms with Gasteiger partial charge >= 0.3 is 0 Å². The van der Waals surface area contributed by atoms with Gasteiger partial charge in [-0.2, -0.15) is 0 Å². The summed E-state index contributed by atoms with van der Waals surface area (Å²) < 4.78 is 0. The molecule has 1 saturated carbocycles. The highest BCUT2D eigenvalue weighted by Gasteiger charge is 2.61. The van der Waals surface area contributed by atoms with E-state index < -0.39 is 0 Å². The zero-order valence-electron chi connectivity index (χ0n) is 39.7. The normalized spacial score (nSPS) is 20.1. The van der Waals surface area contributed by atoms with Gasteiger partial charge in [0, 0.05) is 45.2 Å². The third-order valence-corrected chi connectivity index (χ3v) is 15.5. The lowest BCUT2D eigenvalue weighted by molar-refractivity contribution is 0.195. The van der Waals surface area contributed by atoms with E-state index in [1.165, 1.54) is 109 Å². The molecule has 0 bridgehead atoms. The van der Waals surface area contributed by atoms with Crippen molar-refractivity contribution in [1.29, 1.82) is 0 Å². The van der Waals surface area contributed by atoms with Crippen LogP contribution in [0, 0.1) is 13.8 Å². The number of hydrogen-bond acceptors (Lipinski definition) is 3. The Morgan fingerprint density at radius 2 is 1.13 bits per heavy atom. The van der Waals surface area contributed by atoms with Crippen LogP contribution in [0.1, 0.15) is 135 Å². The first-order valence-electron chi connectivity index (χ1n) is 23.3. The van der Waals surface area contributed by atoms with Crippen LogP contribution < -0.4 is 31.1 Å². The summed E-state index contributed by atoms with van der Waals surface area (Å²) in [6.07, 6.45) is 4.87. The fraction of sp³-hybridized carbons (Fsp3) is 0.379. The maximum atomic E-state index is 2.89. The average Bonchev–Trinajstić information content (AvgIpc) is 3.41. The second kappa shape index (κ2) is 13.6. The van der Waals surface area contributed by atoms with E-state index in [1.807, 2.05) is 0 Å². The van der Waals surface area contributed by atoms with Crippen LogP contribution in [0.15, 0.2) is 115 Å². The summed E-state index contributed by atoms with van der Waals surface area (Å²) in [5, 5.41) is 0. The van der Waals surface area contributed by atoms with Gasteiger partial charge in [-0.05, 0) is 154 Å². The van der Waals surface area contributed by atoms with Gasteiger partial charge in [0.05, 0.1) is 11.2 Å². The second-order valence-corrected chi connectivity index (χ2v) is 22.9. The predicted molar refractivity (Wildman–Crippen MR) is 269 cm³/mol. The Morgan fingerprint density at radius 3 is 1.76 bits per heavy atom. The highest BCUT2D eigenvalue weighted by molar-refractivity contribution is 7.00. The van der Waals surface area contributed by atoms with Gasteiger partial charge in [-0.25, -0.2) is 0 Å². The molecule has 10 rings (SSSR count). The van der Waals surface area contributed by atoms with Crippen LogP contribution in [0.4, 0.5) is 45.5 Å². The number of fused-ring (bicyclic) bond motifs is 7. The molecule has 1 aliphatic carbocycles. The Morgan fingerprint density at radius 1 is 0.532 bits per heavy atom. The van der Waals surface area contributed by atoms with Gasteiger partial charge in [0.1, 0.15) is 0 Å². The topological polar surface area (TPSA) is 9.72 Å². The van der Waals surface area contributed by atoms with Crippen LogP contribution in [0.3, 0.4) is 0 Å². The fourth-order valence-corrected chi connectivity index (χ4v) is 11.7. The monoisotopic (exact) mass is 816 g/mol. The lowest BCUT2D eigenvalue weighted by Gasteiger charge is -2.53. The van der Waals surface area contributed by atoms with E-state index in [4.69, 9.17) is 0 Å². The Bertz CT molecular complexity index is 2750. The molecule has 0 saturated heterocycles. The molecule has 3 nitrogen and oxygen atoms in total. The molecule has 2 atom stereocenters. The van der Waals surface area contributed by atoms with Crippen molar-refractivity contribution in [2.45, 2.75) is 143 Å². The molecule has 6 aromatic carbocycles. The van der Waals surface area contributed by atoms with Gasteiger partial charge in [-0.1, -0.05) is 143 Å². The maximum Gasteiger partial charge on any atom is 0.252 e. The molecule has 1 fully saturated rings. The van der Waals surface area contributed by atoms with Gasteiger partial charge in [0.15, 0.2) is 0 Å². The molecule has 0 aromatic heterocycles. The number of benzene rings is 6. The Hall–Kier alpha value is -5.22. The summed E-state index contributed by atoms with van der Waals surface area (Å²) in [6, 6.07) is 45.4. The molecule has 6 aromatic rings. The molecule has 0 radical (unpaired) electrons. The summed E-state index contributed by atoms with van der Waals surface area (Å²) in [6.45, 7) is 31.0. The number of rotatable bonds is 4. The van der Waals surface area contributed by atoms with Gasteiger partial charge in [0.25, 0.3) is 6.71 Å². The molecule has 62 heavy (non-hydrogen) atoms. The van der Waals surface area contributed by atoms with Crippen LogP contribution >= 0.6 is 0 Å². The van der Waals surface area contributed by atoms with E-state index in [1.54, 1.807) is 5.56 Å². The van der Waals surface area contributed by atoms with Crippen LogP contribution in [0.2, 0.25) is 0 Å². The summed E-state index contributed by atoms with van der Waals surface area (Å²) in [4.78, 5) is 8.07. The van der Waals surface area contributed by atoms with E-state index in [0.29, 0.717) is 0 Å². The molecule has 4 heteroatoms. The Labute approximate surface area is 373 Å². The summed E-state index contributed by atoms with van der Waals surface area (Å²) >= 11 is 0.